The number of anilines is 1. The minimum atomic E-state index is 0.192. The van der Waals surface area contributed by atoms with E-state index in [0.717, 1.165) is 43.3 Å². The molecule has 0 saturated carbocycles. The highest BCUT2D eigenvalue weighted by atomic mass is 16.5. The average molecular weight is 285 g/mol. The maximum atomic E-state index is 5.84. The average Bonchev–Trinajstić information content (AvgIpc) is 2.54. The van der Waals surface area contributed by atoms with Crippen molar-refractivity contribution >= 4 is 5.95 Å². The van der Waals surface area contributed by atoms with Crippen LogP contribution in [0.25, 0.3) is 0 Å². The van der Waals surface area contributed by atoms with Gasteiger partial charge < -0.3 is 9.64 Å². The van der Waals surface area contributed by atoms with Crippen LogP contribution in [-0.4, -0.2) is 45.7 Å². The lowest BCUT2D eigenvalue weighted by molar-refractivity contribution is 0.0348. The SMILES string of the molecule is Cc1cc(CC[C@H]2CN(c3ncccn3)CCO2)ncn1. The summed E-state index contributed by atoms with van der Waals surface area (Å²) in [4.78, 5) is 19.2. The van der Waals surface area contributed by atoms with Gasteiger partial charge in [-0.1, -0.05) is 0 Å². The molecule has 1 saturated heterocycles. The smallest absolute Gasteiger partial charge is 0.225 e. The third-order valence-electron chi connectivity index (χ3n) is 3.56. The Hall–Kier alpha value is -2.08. The molecule has 0 spiro atoms. The second-order valence-corrected chi connectivity index (χ2v) is 5.18. The van der Waals surface area contributed by atoms with Crippen molar-refractivity contribution in [2.75, 3.05) is 24.6 Å². The second-order valence-electron chi connectivity index (χ2n) is 5.18. The van der Waals surface area contributed by atoms with Crippen LogP contribution in [0.15, 0.2) is 30.9 Å². The summed E-state index contributed by atoms with van der Waals surface area (Å²) < 4.78 is 5.84. The molecule has 1 atom stereocenters. The van der Waals surface area contributed by atoms with Crippen molar-refractivity contribution < 1.29 is 4.74 Å². The Labute approximate surface area is 124 Å². The number of hydrogen-bond acceptors (Lipinski definition) is 6. The second kappa shape index (κ2) is 6.58. The summed E-state index contributed by atoms with van der Waals surface area (Å²) >= 11 is 0. The normalized spacial score (nSPS) is 18.7. The summed E-state index contributed by atoms with van der Waals surface area (Å²) in [6.45, 7) is 4.36. The highest BCUT2D eigenvalue weighted by molar-refractivity contribution is 5.29. The van der Waals surface area contributed by atoms with E-state index in [-0.39, 0.29) is 6.10 Å². The molecular formula is C15H19N5O. The number of ether oxygens (including phenoxy) is 1. The van der Waals surface area contributed by atoms with Crippen molar-refractivity contribution in [1.29, 1.82) is 0 Å². The van der Waals surface area contributed by atoms with Gasteiger partial charge in [0.2, 0.25) is 5.95 Å². The number of aryl methyl sites for hydroxylation is 2. The van der Waals surface area contributed by atoms with Gasteiger partial charge in [0.15, 0.2) is 0 Å². The van der Waals surface area contributed by atoms with Gasteiger partial charge in [-0.3, -0.25) is 0 Å². The van der Waals surface area contributed by atoms with Gasteiger partial charge in [0.25, 0.3) is 0 Å². The molecule has 0 aromatic carbocycles. The monoisotopic (exact) mass is 285 g/mol. The van der Waals surface area contributed by atoms with Crippen molar-refractivity contribution in [3.05, 3.63) is 42.2 Å². The highest BCUT2D eigenvalue weighted by Crippen LogP contribution is 2.15. The molecule has 2 aromatic heterocycles. The molecule has 6 heteroatoms. The fourth-order valence-electron chi connectivity index (χ4n) is 2.49. The third-order valence-corrected chi connectivity index (χ3v) is 3.56. The van der Waals surface area contributed by atoms with Gasteiger partial charge in [-0.15, -0.1) is 0 Å². The van der Waals surface area contributed by atoms with E-state index < -0.39 is 0 Å². The number of hydrogen-bond donors (Lipinski definition) is 0. The summed E-state index contributed by atoms with van der Waals surface area (Å²) in [7, 11) is 0. The molecule has 1 aliphatic heterocycles. The quantitative estimate of drug-likeness (QED) is 0.846. The van der Waals surface area contributed by atoms with Gasteiger partial charge in [-0.25, -0.2) is 19.9 Å². The maximum Gasteiger partial charge on any atom is 0.225 e. The van der Waals surface area contributed by atoms with Crippen LogP contribution in [0.2, 0.25) is 0 Å². The lowest BCUT2D eigenvalue weighted by atomic mass is 10.1. The van der Waals surface area contributed by atoms with Crippen LogP contribution in [0.1, 0.15) is 17.8 Å². The first kappa shape index (κ1) is 13.9. The molecule has 3 rings (SSSR count). The predicted molar refractivity (Wildman–Crippen MR) is 79.1 cm³/mol. The summed E-state index contributed by atoms with van der Waals surface area (Å²) in [5.74, 6) is 0.781. The molecule has 2 aromatic rings. The summed E-state index contributed by atoms with van der Waals surface area (Å²) in [5.41, 5.74) is 2.07. The molecular weight excluding hydrogens is 266 g/mol. The number of rotatable bonds is 4. The number of aromatic nitrogens is 4. The first-order valence-corrected chi connectivity index (χ1v) is 7.22. The molecule has 1 fully saturated rings. The Kier molecular flexibility index (Phi) is 4.35. The summed E-state index contributed by atoms with van der Waals surface area (Å²) in [5, 5.41) is 0. The van der Waals surface area contributed by atoms with Crippen LogP contribution < -0.4 is 4.90 Å². The van der Waals surface area contributed by atoms with Crippen molar-refractivity contribution in [2.45, 2.75) is 25.9 Å². The van der Waals surface area contributed by atoms with Crippen molar-refractivity contribution in [1.82, 2.24) is 19.9 Å². The molecule has 0 amide bonds. The van der Waals surface area contributed by atoms with Crippen LogP contribution >= 0.6 is 0 Å². The zero-order valence-corrected chi connectivity index (χ0v) is 12.1. The maximum absolute atomic E-state index is 5.84. The molecule has 21 heavy (non-hydrogen) atoms. The van der Waals surface area contributed by atoms with Gasteiger partial charge in [0.05, 0.1) is 12.7 Å². The third kappa shape index (κ3) is 3.72. The lowest BCUT2D eigenvalue weighted by Gasteiger charge is -2.32. The summed E-state index contributed by atoms with van der Waals surface area (Å²) in [6.07, 6.45) is 7.21. The molecule has 6 nitrogen and oxygen atoms in total. The van der Waals surface area contributed by atoms with E-state index in [9.17, 15) is 0 Å². The fourth-order valence-corrected chi connectivity index (χ4v) is 2.49. The standard InChI is InChI=1S/C15H19N5O/c1-12-9-13(19-11-18-12)3-4-14-10-20(7-8-21-14)15-16-5-2-6-17-15/h2,5-6,9,11,14H,3-4,7-8,10H2,1H3/t14-/m0/s1. The van der Waals surface area contributed by atoms with Crippen molar-refractivity contribution in [3.8, 4) is 0 Å². The first-order valence-electron chi connectivity index (χ1n) is 7.22. The van der Waals surface area contributed by atoms with Crippen molar-refractivity contribution in [2.24, 2.45) is 0 Å². The Balaban J connectivity index is 1.57. The molecule has 0 bridgehead atoms. The topological polar surface area (TPSA) is 64.0 Å². The predicted octanol–water partition coefficient (Wildman–Crippen LogP) is 1.41. The van der Waals surface area contributed by atoms with Crippen LogP contribution in [0.4, 0.5) is 5.95 Å². The van der Waals surface area contributed by atoms with Crippen molar-refractivity contribution in [3.63, 3.8) is 0 Å². The molecule has 0 aliphatic carbocycles. The van der Waals surface area contributed by atoms with E-state index in [1.807, 2.05) is 19.1 Å². The fraction of sp³-hybridized carbons (Fsp3) is 0.467. The number of morpholine rings is 1. The van der Waals surface area contributed by atoms with E-state index in [4.69, 9.17) is 4.74 Å². The zero-order chi connectivity index (χ0) is 14.5. The van der Waals surface area contributed by atoms with Crippen LogP contribution in [-0.2, 0) is 11.2 Å². The van der Waals surface area contributed by atoms with E-state index in [0.29, 0.717) is 6.61 Å². The van der Waals surface area contributed by atoms with Crippen LogP contribution in [0.3, 0.4) is 0 Å². The first-order chi connectivity index (χ1) is 10.3. The molecule has 1 aliphatic rings. The largest absolute Gasteiger partial charge is 0.375 e. The Morgan fingerprint density at radius 1 is 1.24 bits per heavy atom. The van der Waals surface area contributed by atoms with Crippen LogP contribution in [0, 0.1) is 6.92 Å². The van der Waals surface area contributed by atoms with E-state index in [1.54, 1.807) is 18.7 Å². The molecule has 3 heterocycles. The summed E-state index contributed by atoms with van der Waals surface area (Å²) in [6, 6.07) is 3.86. The van der Waals surface area contributed by atoms with E-state index in [1.165, 1.54) is 0 Å². The highest BCUT2D eigenvalue weighted by Gasteiger charge is 2.22. The minimum Gasteiger partial charge on any atom is -0.375 e. The van der Waals surface area contributed by atoms with Gasteiger partial charge >= 0.3 is 0 Å². The minimum absolute atomic E-state index is 0.192. The van der Waals surface area contributed by atoms with E-state index in [2.05, 4.69) is 24.8 Å². The van der Waals surface area contributed by atoms with Gasteiger partial charge in [-0.05, 0) is 31.9 Å². The van der Waals surface area contributed by atoms with Gasteiger partial charge in [-0.2, -0.15) is 0 Å². The molecule has 0 N–H and O–H groups in total. The Bertz CT molecular complexity index is 577. The molecule has 110 valence electrons. The lowest BCUT2D eigenvalue weighted by Crippen LogP contribution is -2.43. The van der Waals surface area contributed by atoms with E-state index >= 15 is 0 Å². The van der Waals surface area contributed by atoms with Gasteiger partial charge in [0, 0.05) is 36.9 Å². The zero-order valence-electron chi connectivity index (χ0n) is 12.1. The Morgan fingerprint density at radius 3 is 2.90 bits per heavy atom. The molecule has 0 unspecified atom stereocenters. The van der Waals surface area contributed by atoms with Gasteiger partial charge in [0.1, 0.15) is 6.33 Å². The molecule has 0 radical (unpaired) electrons. The Morgan fingerprint density at radius 2 is 2.10 bits per heavy atom. The van der Waals surface area contributed by atoms with Crippen LogP contribution in [0.5, 0.6) is 0 Å². The number of nitrogens with zero attached hydrogens (tertiary/aromatic N) is 5.